The Morgan fingerprint density at radius 3 is 2.74 bits per heavy atom. The number of likely N-dealkylation sites (tertiary alicyclic amines) is 1. The topological polar surface area (TPSA) is 75.7 Å². The first-order chi connectivity index (χ1) is 11.1. The van der Waals surface area contributed by atoms with Crippen molar-refractivity contribution in [2.24, 2.45) is 0 Å². The number of carbonyl (C=O) groups excluding carboxylic acids is 1. The number of piperazine rings is 1. The van der Waals surface area contributed by atoms with Gasteiger partial charge in [-0.15, -0.1) is 0 Å². The molecule has 2 saturated heterocycles. The van der Waals surface area contributed by atoms with Crippen LogP contribution in [0.15, 0.2) is 12.5 Å². The van der Waals surface area contributed by atoms with Gasteiger partial charge in [-0.25, -0.2) is 4.98 Å². The number of aromatic nitrogens is 2. The van der Waals surface area contributed by atoms with Crippen LogP contribution in [0.1, 0.15) is 29.8 Å². The van der Waals surface area contributed by atoms with Gasteiger partial charge >= 0.3 is 0 Å². The van der Waals surface area contributed by atoms with E-state index >= 15 is 0 Å². The summed E-state index contributed by atoms with van der Waals surface area (Å²) in [4.78, 5) is 25.7. The van der Waals surface area contributed by atoms with Crippen molar-refractivity contribution in [2.75, 3.05) is 52.9 Å². The number of rotatable bonds is 3. The lowest BCUT2D eigenvalue weighted by molar-refractivity contribution is -0.0179. The zero-order valence-corrected chi connectivity index (χ0v) is 13.9. The van der Waals surface area contributed by atoms with Gasteiger partial charge in [-0.1, -0.05) is 0 Å². The Kier molecular flexibility index (Phi) is 4.99. The van der Waals surface area contributed by atoms with Crippen LogP contribution in [0.2, 0.25) is 0 Å². The predicted octanol–water partition coefficient (Wildman–Crippen LogP) is 0.0143. The molecule has 23 heavy (non-hydrogen) atoms. The van der Waals surface area contributed by atoms with Gasteiger partial charge in [-0.05, 0) is 26.3 Å². The number of hydrogen-bond acceptors (Lipinski definition) is 5. The number of imidazole rings is 1. The summed E-state index contributed by atoms with van der Waals surface area (Å²) in [6.45, 7) is 6.14. The quantitative estimate of drug-likeness (QED) is 0.820. The van der Waals surface area contributed by atoms with Crippen molar-refractivity contribution >= 4 is 5.91 Å². The molecule has 128 valence electrons. The van der Waals surface area contributed by atoms with E-state index in [-0.39, 0.29) is 5.91 Å². The van der Waals surface area contributed by atoms with Crippen LogP contribution in [-0.4, -0.2) is 94.1 Å². The summed E-state index contributed by atoms with van der Waals surface area (Å²) in [5, 5.41) is 11.0. The third kappa shape index (κ3) is 4.10. The summed E-state index contributed by atoms with van der Waals surface area (Å²) in [5.41, 5.74) is -0.159. The second kappa shape index (κ2) is 6.98. The van der Waals surface area contributed by atoms with E-state index in [4.69, 9.17) is 0 Å². The molecule has 7 nitrogen and oxygen atoms in total. The van der Waals surface area contributed by atoms with Crippen molar-refractivity contribution in [2.45, 2.75) is 24.9 Å². The molecule has 0 aromatic carbocycles. The van der Waals surface area contributed by atoms with Gasteiger partial charge in [0, 0.05) is 45.8 Å². The minimum atomic E-state index is -0.682. The molecule has 1 aromatic rings. The molecule has 2 N–H and O–H groups in total. The highest BCUT2D eigenvalue weighted by molar-refractivity contribution is 5.92. The Morgan fingerprint density at radius 1 is 1.26 bits per heavy atom. The third-order valence-corrected chi connectivity index (χ3v) is 5.05. The number of aromatic amines is 1. The van der Waals surface area contributed by atoms with Crippen molar-refractivity contribution < 1.29 is 9.90 Å². The fourth-order valence-electron chi connectivity index (χ4n) is 3.51. The molecular weight excluding hydrogens is 294 g/mol. The Hall–Kier alpha value is -1.44. The number of nitrogens with zero attached hydrogens (tertiary/aromatic N) is 4. The monoisotopic (exact) mass is 321 g/mol. The summed E-state index contributed by atoms with van der Waals surface area (Å²) in [6.07, 6.45) is 5.31. The van der Waals surface area contributed by atoms with Crippen LogP contribution in [-0.2, 0) is 0 Å². The maximum Gasteiger partial charge on any atom is 0.271 e. The highest BCUT2D eigenvalue weighted by Gasteiger charge is 2.34. The standard InChI is InChI=1S/C16H27N5O2/c1-19-7-9-20(10-8-19)12-16(23)3-2-5-21(6-4-16)15(22)14-11-17-13-18-14/h11,13,23H,2-10,12H2,1H3,(H,17,18). The second-order valence-electron chi connectivity index (χ2n) is 6.91. The number of hydrogen-bond donors (Lipinski definition) is 2. The number of β-amino-alcohol motifs (C(OH)–C–C–N with tert-alkyl or cyclic N) is 1. The molecular formula is C16H27N5O2. The number of amides is 1. The van der Waals surface area contributed by atoms with Crippen molar-refractivity contribution in [1.82, 2.24) is 24.7 Å². The molecule has 3 rings (SSSR count). The lowest BCUT2D eigenvalue weighted by atomic mass is 9.94. The van der Waals surface area contributed by atoms with E-state index in [9.17, 15) is 9.90 Å². The summed E-state index contributed by atoms with van der Waals surface area (Å²) < 4.78 is 0. The lowest BCUT2D eigenvalue weighted by Crippen LogP contribution is -2.51. The Labute approximate surface area is 137 Å². The van der Waals surface area contributed by atoms with Crippen LogP contribution in [0.5, 0.6) is 0 Å². The molecule has 2 aliphatic rings. The summed E-state index contributed by atoms with van der Waals surface area (Å²) in [5.74, 6) is -0.0219. The van der Waals surface area contributed by atoms with Crippen LogP contribution in [0.25, 0.3) is 0 Å². The first-order valence-corrected chi connectivity index (χ1v) is 8.47. The number of likely N-dealkylation sites (N-methyl/N-ethyl adjacent to an activating group) is 1. The van der Waals surface area contributed by atoms with Crippen LogP contribution >= 0.6 is 0 Å². The first kappa shape index (κ1) is 16.4. The number of nitrogens with one attached hydrogen (secondary N) is 1. The normalized spacial score (nSPS) is 27.8. The molecule has 2 aliphatic heterocycles. The SMILES string of the molecule is CN1CCN(CC2(O)CCCN(C(=O)c3cnc[nH]3)CC2)CC1. The summed E-state index contributed by atoms with van der Waals surface area (Å²) >= 11 is 0. The van der Waals surface area contributed by atoms with Crippen molar-refractivity contribution in [3.05, 3.63) is 18.2 Å². The van der Waals surface area contributed by atoms with E-state index in [1.807, 2.05) is 4.90 Å². The van der Waals surface area contributed by atoms with E-state index in [0.717, 1.165) is 39.0 Å². The molecule has 1 unspecified atom stereocenters. The van der Waals surface area contributed by atoms with E-state index in [1.54, 1.807) is 6.20 Å². The number of carbonyl (C=O) groups is 1. The number of H-pyrrole nitrogens is 1. The molecule has 2 fully saturated rings. The largest absolute Gasteiger partial charge is 0.388 e. The zero-order valence-electron chi connectivity index (χ0n) is 13.9. The van der Waals surface area contributed by atoms with Gasteiger partial charge in [0.25, 0.3) is 5.91 Å². The Balaban J connectivity index is 1.56. The molecule has 3 heterocycles. The highest BCUT2D eigenvalue weighted by Crippen LogP contribution is 2.24. The van der Waals surface area contributed by atoms with Gasteiger partial charge in [0.1, 0.15) is 5.69 Å². The molecule has 0 radical (unpaired) electrons. The van der Waals surface area contributed by atoms with Gasteiger partial charge in [-0.3, -0.25) is 9.69 Å². The fourth-order valence-corrected chi connectivity index (χ4v) is 3.51. The molecule has 0 spiro atoms. The van der Waals surface area contributed by atoms with Crippen LogP contribution in [0.3, 0.4) is 0 Å². The van der Waals surface area contributed by atoms with E-state index < -0.39 is 5.60 Å². The molecule has 7 heteroatoms. The van der Waals surface area contributed by atoms with Crippen LogP contribution in [0.4, 0.5) is 0 Å². The first-order valence-electron chi connectivity index (χ1n) is 8.47. The van der Waals surface area contributed by atoms with Crippen molar-refractivity contribution in [1.29, 1.82) is 0 Å². The Morgan fingerprint density at radius 2 is 2.04 bits per heavy atom. The van der Waals surface area contributed by atoms with Crippen molar-refractivity contribution in [3.63, 3.8) is 0 Å². The second-order valence-corrected chi connectivity index (χ2v) is 6.91. The van der Waals surface area contributed by atoms with E-state index in [0.29, 0.717) is 31.7 Å². The average molecular weight is 321 g/mol. The number of aliphatic hydroxyl groups is 1. The fraction of sp³-hybridized carbons (Fsp3) is 0.750. The maximum atomic E-state index is 12.4. The average Bonchev–Trinajstić information content (AvgIpc) is 3.00. The molecule has 0 bridgehead atoms. The van der Waals surface area contributed by atoms with E-state index in [1.165, 1.54) is 6.33 Å². The zero-order chi connectivity index (χ0) is 16.3. The van der Waals surface area contributed by atoms with Gasteiger partial charge in [0.15, 0.2) is 0 Å². The van der Waals surface area contributed by atoms with E-state index in [2.05, 4.69) is 26.8 Å². The van der Waals surface area contributed by atoms with Crippen LogP contribution < -0.4 is 0 Å². The minimum absolute atomic E-state index is 0.0219. The predicted molar refractivity (Wildman–Crippen MR) is 87.2 cm³/mol. The summed E-state index contributed by atoms with van der Waals surface area (Å²) in [7, 11) is 2.14. The minimum Gasteiger partial charge on any atom is -0.388 e. The van der Waals surface area contributed by atoms with Gasteiger partial charge in [0.05, 0.1) is 18.1 Å². The van der Waals surface area contributed by atoms with Crippen molar-refractivity contribution in [3.8, 4) is 0 Å². The van der Waals surface area contributed by atoms with Gasteiger partial charge in [-0.2, -0.15) is 0 Å². The highest BCUT2D eigenvalue weighted by atomic mass is 16.3. The van der Waals surface area contributed by atoms with Gasteiger partial charge in [0.2, 0.25) is 0 Å². The third-order valence-electron chi connectivity index (χ3n) is 5.05. The lowest BCUT2D eigenvalue weighted by Gasteiger charge is -2.38. The van der Waals surface area contributed by atoms with Crippen LogP contribution in [0, 0.1) is 0 Å². The molecule has 1 amide bonds. The molecule has 0 saturated carbocycles. The molecule has 0 aliphatic carbocycles. The molecule has 1 aromatic heterocycles. The smallest absolute Gasteiger partial charge is 0.271 e. The molecule has 1 atom stereocenters. The Bertz CT molecular complexity index is 513. The summed E-state index contributed by atoms with van der Waals surface area (Å²) in [6, 6.07) is 0. The maximum absolute atomic E-state index is 12.4. The van der Waals surface area contributed by atoms with Gasteiger partial charge < -0.3 is 19.9 Å².